The number of fused-ring (bicyclic) bond motifs is 5. The fraction of sp³-hybridized carbons (Fsp3) is 0.412. The Balaban J connectivity index is 1.98. The van der Waals surface area contributed by atoms with Crippen LogP contribution in [-0.4, -0.2) is 31.0 Å². The minimum atomic E-state index is -1.06. The lowest BCUT2D eigenvalue weighted by atomic mass is 9.78. The van der Waals surface area contributed by atoms with E-state index in [0.29, 0.717) is 28.8 Å². The Labute approximate surface area is 138 Å². The molecule has 0 saturated carbocycles. The maximum atomic E-state index is 10.7. The Bertz CT molecular complexity index is 929. The molecule has 2 aliphatic heterocycles. The number of nitriles is 1. The van der Waals surface area contributed by atoms with Crippen LogP contribution in [0.15, 0.2) is 12.3 Å². The van der Waals surface area contributed by atoms with Crippen LogP contribution in [0.4, 0.5) is 0 Å². The van der Waals surface area contributed by atoms with Crippen LogP contribution < -0.4 is 0 Å². The average Bonchev–Trinajstić information content (AvgIpc) is 3.01. The largest absolute Gasteiger partial charge is 0.494 e. The van der Waals surface area contributed by atoms with Gasteiger partial charge in [-0.05, 0) is 32.4 Å². The van der Waals surface area contributed by atoms with Crippen LogP contribution in [0.25, 0.3) is 5.69 Å². The molecule has 0 aromatic carbocycles. The Hall–Kier alpha value is -2.56. The SMILES string of the molecule is Cc1cc(-n2c(O)c3c(c2O)[C@@]2(C)O[C@]3(C)C[C@@H]2O)cnc1C#N. The lowest BCUT2D eigenvalue weighted by Crippen LogP contribution is -2.32. The minimum Gasteiger partial charge on any atom is -0.494 e. The predicted octanol–water partition coefficient (Wildman–Crippen LogP) is 1.69. The van der Waals surface area contributed by atoms with E-state index in [2.05, 4.69) is 4.98 Å². The van der Waals surface area contributed by atoms with Gasteiger partial charge in [0.1, 0.15) is 17.4 Å². The molecule has 0 unspecified atom stereocenters. The van der Waals surface area contributed by atoms with Crippen molar-refractivity contribution in [1.29, 1.82) is 5.26 Å². The Morgan fingerprint density at radius 1 is 1.33 bits per heavy atom. The zero-order valence-electron chi connectivity index (χ0n) is 13.5. The third-order valence-corrected chi connectivity index (χ3v) is 5.23. The molecule has 2 aromatic rings. The Kier molecular flexibility index (Phi) is 2.68. The van der Waals surface area contributed by atoms with Gasteiger partial charge >= 0.3 is 0 Å². The van der Waals surface area contributed by atoms with Crippen molar-refractivity contribution < 1.29 is 20.1 Å². The van der Waals surface area contributed by atoms with Crippen molar-refractivity contribution in [2.24, 2.45) is 0 Å². The van der Waals surface area contributed by atoms with E-state index in [1.165, 1.54) is 10.8 Å². The lowest BCUT2D eigenvalue weighted by molar-refractivity contribution is -0.0936. The highest BCUT2D eigenvalue weighted by Gasteiger charge is 2.64. The van der Waals surface area contributed by atoms with Crippen LogP contribution in [0, 0.1) is 18.3 Å². The minimum absolute atomic E-state index is 0.133. The normalized spacial score (nSPS) is 30.4. The van der Waals surface area contributed by atoms with E-state index >= 15 is 0 Å². The Morgan fingerprint density at radius 3 is 2.62 bits per heavy atom. The van der Waals surface area contributed by atoms with Crippen molar-refractivity contribution in [3.8, 4) is 23.5 Å². The van der Waals surface area contributed by atoms with Crippen LogP contribution in [0.5, 0.6) is 11.8 Å². The number of rotatable bonds is 1. The van der Waals surface area contributed by atoms with Crippen molar-refractivity contribution in [2.45, 2.75) is 44.5 Å². The zero-order valence-corrected chi connectivity index (χ0v) is 13.5. The van der Waals surface area contributed by atoms with Crippen molar-refractivity contribution in [3.05, 3.63) is 34.6 Å². The first-order valence-electron chi connectivity index (χ1n) is 7.66. The smallest absolute Gasteiger partial charge is 0.205 e. The molecule has 24 heavy (non-hydrogen) atoms. The maximum Gasteiger partial charge on any atom is 0.205 e. The van der Waals surface area contributed by atoms with E-state index in [1.807, 2.05) is 6.07 Å². The van der Waals surface area contributed by atoms with E-state index in [-0.39, 0.29) is 17.5 Å². The van der Waals surface area contributed by atoms with Gasteiger partial charge in [0, 0.05) is 6.42 Å². The van der Waals surface area contributed by atoms with Gasteiger partial charge in [-0.25, -0.2) is 9.55 Å². The molecule has 124 valence electrons. The number of hydrogen-bond acceptors (Lipinski definition) is 6. The molecule has 0 spiro atoms. The second-order valence-corrected chi connectivity index (χ2v) is 6.86. The topological polar surface area (TPSA) is 112 Å². The molecule has 2 bridgehead atoms. The molecule has 4 heterocycles. The number of aromatic hydroxyl groups is 2. The van der Waals surface area contributed by atoms with Crippen molar-refractivity contribution in [2.75, 3.05) is 0 Å². The summed E-state index contributed by atoms with van der Waals surface area (Å²) in [5.74, 6) is -0.315. The number of aliphatic hydroxyl groups excluding tert-OH is 1. The molecule has 2 aliphatic rings. The molecular weight excluding hydrogens is 310 g/mol. The third-order valence-electron chi connectivity index (χ3n) is 5.23. The van der Waals surface area contributed by atoms with Gasteiger partial charge in [-0.1, -0.05) is 0 Å². The first-order valence-corrected chi connectivity index (χ1v) is 7.66. The second kappa shape index (κ2) is 4.29. The van der Waals surface area contributed by atoms with Crippen molar-refractivity contribution >= 4 is 0 Å². The predicted molar refractivity (Wildman–Crippen MR) is 82.8 cm³/mol. The van der Waals surface area contributed by atoms with Crippen molar-refractivity contribution in [3.63, 3.8) is 0 Å². The number of aromatic nitrogens is 2. The van der Waals surface area contributed by atoms with E-state index in [0.717, 1.165) is 0 Å². The molecule has 0 amide bonds. The van der Waals surface area contributed by atoms with E-state index in [9.17, 15) is 15.3 Å². The summed E-state index contributed by atoms with van der Waals surface area (Å²) in [4.78, 5) is 4.06. The summed E-state index contributed by atoms with van der Waals surface area (Å²) in [5.41, 5.74) is 0.349. The summed E-state index contributed by atoms with van der Waals surface area (Å²) in [6, 6.07) is 3.66. The first-order chi connectivity index (χ1) is 11.2. The van der Waals surface area contributed by atoms with Gasteiger partial charge in [0.05, 0.1) is 34.7 Å². The van der Waals surface area contributed by atoms with E-state index in [1.54, 1.807) is 26.8 Å². The molecule has 0 aliphatic carbocycles. The van der Waals surface area contributed by atoms with Crippen LogP contribution in [-0.2, 0) is 15.9 Å². The first kappa shape index (κ1) is 15.0. The molecule has 7 nitrogen and oxygen atoms in total. The third kappa shape index (κ3) is 1.54. The maximum absolute atomic E-state index is 10.7. The highest BCUT2D eigenvalue weighted by molar-refractivity contribution is 5.61. The molecule has 4 rings (SSSR count). The van der Waals surface area contributed by atoms with Crippen LogP contribution >= 0.6 is 0 Å². The average molecular weight is 327 g/mol. The van der Waals surface area contributed by atoms with E-state index < -0.39 is 17.3 Å². The van der Waals surface area contributed by atoms with Gasteiger partial charge < -0.3 is 20.1 Å². The molecular formula is C17H17N3O4. The lowest BCUT2D eigenvalue weighted by Gasteiger charge is -2.25. The molecule has 2 aromatic heterocycles. The number of aliphatic hydroxyl groups is 1. The summed E-state index contributed by atoms with van der Waals surface area (Å²) >= 11 is 0. The van der Waals surface area contributed by atoms with Crippen LogP contribution in [0.3, 0.4) is 0 Å². The molecule has 7 heteroatoms. The fourth-order valence-electron chi connectivity index (χ4n) is 4.07. The summed E-state index contributed by atoms with van der Waals surface area (Å²) in [6.07, 6.45) is 0.999. The second-order valence-electron chi connectivity index (χ2n) is 6.86. The zero-order chi connectivity index (χ0) is 17.4. The highest BCUT2D eigenvalue weighted by Crippen LogP contribution is 2.64. The molecule has 3 atom stereocenters. The van der Waals surface area contributed by atoms with Gasteiger partial charge in [-0.15, -0.1) is 0 Å². The van der Waals surface area contributed by atoms with E-state index in [4.69, 9.17) is 10.00 Å². The number of hydrogen-bond donors (Lipinski definition) is 3. The fourth-order valence-corrected chi connectivity index (χ4v) is 4.07. The Morgan fingerprint density at radius 2 is 2.00 bits per heavy atom. The van der Waals surface area contributed by atoms with Gasteiger partial charge in [0.2, 0.25) is 11.8 Å². The van der Waals surface area contributed by atoms with Crippen LogP contribution in [0.2, 0.25) is 0 Å². The molecule has 1 fully saturated rings. The van der Waals surface area contributed by atoms with Gasteiger partial charge in [-0.3, -0.25) is 0 Å². The number of aryl methyl sites for hydroxylation is 1. The summed E-state index contributed by atoms with van der Waals surface area (Å²) in [6.45, 7) is 5.24. The van der Waals surface area contributed by atoms with Crippen molar-refractivity contribution in [1.82, 2.24) is 9.55 Å². The number of pyridine rings is 1. The van der Waals surface area contributed by atoms with Gasteiger partial charge in [0.15, 0.2) is 0 Å². The van der Waals surface area contributed by atoms with Gasteiger partial charge in [0.25, 0.3) is 0 Å². The van der Waals surface area contributed by atoms with Crippen LogP contribution in [0.1, 0.15) is 42.7 Å². The molecule has 3 N–H and O–H groups in total. The summed E-state index contributed by atoms with van der Waals surface area (Å²) < 4.78 is 7.22. The number of ether oxygens (including phenoxy) is 1. The quantitative estimate of drug-likeness (QED) is 0.735. The standard InChI is InChI=1S/C17H17N3O4/c1-8-4-9(7-19-10(8)6-18)20-14(22)12-13(15(20)23)17(3)11(21)5-16(12,2)24-17/h4,7,11,21-23H,5H2,1-3H3/t11-,16+,17-/m0/s1. The highest BCUT2D eigenvalue weighted by atomic mass is 16.6. The van der Waals surface area contributed by atoms with Gasteiger partial charge in [-0.2, -0.15) is 5.26 Å². The summed E-state index contributed by atoms with van der Waals surface area (Å²) in [7, 11) is 0. The summed E-state index contributed by atoms with van der Waals surface area (Å²) in [5, 5.41) is 40.8. The molecule has 1 saturated heterocycles. The number of nitrogens with zero attached hydrogens (tertiary/aromatic N) is 3. The monoisotopic (exact) mass is 327 g/mol. The molecule has 0 radical (unpaired) electrons.